The lowest BCUT2D eigenvalue weighted by molar-refractivity contribution is -0.148. The number of carbonyl (C=O) groups is 3. The summed E-state index contributed by atoms with van der Waals surface area (Å²) in [6.45, 7) is 1.13. The second-order valence-corrected chi connectivity index (χ2v) is 6.09. The molecule has 2 fully saturated rings. The summed E-state index contributed by atoms with van der Waals surface area (Å²) in [7, 11) is 0. The molecule has 0 aromatic heterocycles. The third kappa shape index (κ3) is 3.04. The van der Waals surface area contributed by atoms with Gasteiger partial charge in [0.05, 0.1) is 0 Å². The summed E-state index contributed by atoms with van der Waals surface area (Å²) >= 11 is 0. The van der Waals surface area contributed by atoms with Crippen molar-refractivity contribution in [3.05, 3.63) is 35.6 Å². The average molecular weight is 320 g/mol. The minimum atomic E-state index is -0.917. The molecule has 1 atom stereocenters. The van der Waals surface area contributed by atoms with Crippen molar-refractivity contribution in [2.24, 2.45) is 5.92 Å². The molecular formula is C16H17FN2O4. The molecule has 1 aromatic rings. The van der Waals surface area contributed by atoms with Crippen LogP contribution in [0.2, 0.25) is 0 Å². The van der Waals surface area contributed by atoms with Crippen molar-refractivity contribution in [1.82, 2.24) is 10.2 Å². The Hall–Kier alpha value is -2.44. The van der Waals surface area contributed by atoms with Gasteiger partial charge in [-0.15, -0.1) is 0 Å². The Morgan fingerprint density at radius 2 is 2.17 bits per heavy atom. The maximum absolute atomic E-state index is 13.0. The highest BCUT2D eigenvalue weighted by Crippen LogP contribution is 2.42. The Morgan fingerprint density at radius 1 is 1.43 bits per heavy atom. The van der Waals surface area contributed by atoms with Gasteiger partial charge in [0.25, 0.3) is 5.91 Å². The molecule has 1 aliphatic carbocycles. The molecule has 1 heterocycles. The Bertz CT molecular complexity index is 674. The van der Waals surface area contributed by atoms with E-state index in [4.69, 9.17) is 4.74 Å². The van der Waals surface area contributed by atoms with Gasteiger partial charge in [-0.2, -0.15) is 0 Å². The van der Waals surface area contributed by atoms with E-state index in [1.165, 1.54) is 18.2 Å². The Kier molecular flexibility index (Phi) is 3.79. The van der Waals surface area contributed by atoms with Crippen LogP contribution in [0.25, 0.3) is 0 Å². The van der Waals surface area contributed by atoms with E-state index in [9.17, 15) is 18.8 Å². The number of rotatable bonds is 5. The average Bonchev–Trinajstić information content (AvgIpc) is 3.32. The zero-order valence-corrected chi connectivity index (χ0v) is 12.7. The maximum atomic E-state index is 13.0. The molecule has 23 heavy (non-hydrogen) atoms. The SMILES string of the molecule is CC1(C2CC2)NC(=O)N(CC(=O)OCc2cccc(F)c2)C1=O. The van der Waals surface area contributed by atoms with Crippen molar-refractivity contribution < 1.29 is 23.5 Å². The second kappa shape index (κ2) is 5.64. The molecule has 1 aliphatic heterocycles. The van der Waals surface area contributed by atoms with E-state index >= 15 is 0 Å². The normalized spacial score (nSPS) is 23.8. The summed E-state index contributed by atoms with van der Waals surface area (Å²) in [5.74, 6) is -1.40. The lowest BCUT2D eigenvalue weighted by Crippen LogP contribution is -2.46. The van der Waals surface area contributed by atoms with Crippen LogP contribution in [0.1, 0.15) is 25.3 Å². The maximum Gasteiger partial charge on any atom is 0.326 e. The number of urea groups is 1. The van der Waals surface area contributed by atoms with E-state index in [2.05, 4.69) is 5.32 Å². The van der Waals surface area contributed by atoms with Gasteiger partial charge in [-0.3, -0.25) is 14.5 Å². The van der Waals surface area contributed by atoms with Crippen LogP contribution in [-0.2, 0) is 20.9 Å². The largest absolute Gasteiger partial charge is 0.459 e. The van der Waals surface area contributed by atoms with Gasteiger partial charge in [0.1, 0.15) is 24.5 Å². The van der Waals surface area contributed by atoms with Crippen molar-refractivity contribution in [2.45, 2.75) is 31.9 Å². The van der Waals surface area contributed by atoms with E-state index in [1.807, 2.05) is 0 Å². The van der Waals surface area contributed by atoms with Crippen LogP contribution < -0.4 is 5.32 Å². The number of nitrogens with one attached hydrogen (secondary N) is 1. The van der Waals surface area contributed by atoms with Crippen LogP contribution in [-0.4, -0.2) is 34.9 Å². The Balaban J connectivity index is 1.57. The fourth-order valence-corrected chi connectivity index (χ4v) is 2.76. The van der Waals surface area contributed by atoms with E-state index < -0.39 is 35.8 Å². The van der Waals surface area contributed by atoms with Crippen molar-refractivity contribution in [1.29, 1.82) is 0 Å². The molecule has 2 aliphatic rings. The first kappa shape index (κ1) is 15.5. The Morgan fingerprint density at radius 3 is 2.83 bits per heavy atom. The summed E-state index contributed by atoms with van der Waals surface area (Å²) in [5, 5.41) is 2.66. The van der Waals surface area contributed by atoms with Gasteiger partial charge in [0, 0.05) is 0 Å². The minimum Gasteiger partial charge on any atom is -0.459 e. The van der Waals surface area contributed by atoms with Gasteiger partial charge >= 0.3 is 12.0 Å². The zero-order valence-electron chi connectivity index (χ0n) is 12.7. The summed E-state index contributed by atoms with van der Waals surface area (Å²) < 4.78 is 18.0. The quantitative estimate of drug-likeness (QED) is 0.660. The highest BCUT2D eigenvalue weighted by Gasteiger charge is 2.56. The van der Waals surface area contributed by atoms with Crippen LogP contribution in [0, 0.1) is 11.7 Å². The predicted molar refractivity (Wildman–Crippen MR) is 77.6 cm³/mol. The Labute approximate surface area is 132 Å². The first-order valence-corrected chi connectivity index (χ1v) is 7.44. The molecular weight excluding hydrogens is 303 g/mol. The molecule has 0 radical (unpaired) electrons. The molecule has 1 unspecified atom stereocenters. The molecule has 1 saturated carbocycles. The highest BCUT2D eigenvalue weighted by atomic mass is 19.1. The van der Waals surface area contributed by atoms with Crippen molar-refractivity contribution in [3.63, 3.8) is 0 Å². The van der Waals surface area contributed by atoms with Crippen LogP contribution in [0.15, 0.2) is 24.3 Å². The number of amides is 3. The minimum absolute atomic E-state index is 0.111. The smallest absolute Gasteiger partial charge is 0.326 e. The molecule has 0 spiro atoms. The van der Waals surface area contributed by atoms with E-state index in [0.717, 1.165) is 17.7 Å². The third-order valence-corrected chi connectivity index (χ3v) is 4.27. The number of esters is 1. The van der Waals surface area contributed by atoms with Crippen LogP contribution in [0.3, 0.4) is 0 Å². The van der Waals surface area contributed by atoms with Crippen molar-refractivity contribution >= 4 is 17.9 Å². The topological polar surface area (TPSA) is 75.7 Å². The third-order valence-electron chi connectivity index (χ3n) is 4.27. The molecule has 1 aromatic carbocycles. The second-order valence-electron chi connectivity index (χ2n) is 6.09. The van der Waals surface area contributed by atoms with Crippen LogP contribution in [0.5, 0.6) is 0 Å². The number of imide groups is 1. The molecule has 1 N–H and O–H groups in total. The summed E-state index contributed by atoms with van der Waals surface area (Å²) in [6.07, 6.45) is 1.78. The number of nitrogens with zero attached hydrogens (tertiary/aromatic N) is 1. The number of benzene rings is 1. The van der Waals surface area contributed by atoms with Crippen LogP contribution >= 0.6 is 0 Å². The molecule has 6 nitrogen and oxygen atoms in total. The molecule has 3 amide bonds. The lowest BCUT2D eigenvalue weighted by Gasteiger charge is -2.20. The molecule has 1 saturated heterocycles. The monoisotopic (exact) mass is 320 g/mol. The summed E-state index contributed by atoms with van der Waals surface area (Å²) in [6, 6.07) is 5.10. The fourth-order valence-electron chi connectivity index (χ4n) is 2.76. The lowest BCUT2D eigenvalue weighted by atomic mass is 9.96. The van der Waals surface area contributed by atoms with E-state index in [0.29, 0.717) is 5.56 Å². The molecule has 0 bridgehead atoms. The number of ether oxygens (including phenoxy) is 1. The van der Waals surface area contributed by atoms with Gasteiger partial charge in [0.2, 0.25) is 0 Å². The zero-order chi connectivity index (χ0) is 16.6. The first-order valence-electron chi connectivity index (χ1n) is 7.44. The molecule has 3 rings (SSSR count). The first-order chi connectivity index (χ1) is 10.9. The number of carbonyl (C=O) groups excluding carboxylic acids is 3. The summed E-state index contributed by atoms with van der Waals surface area (Å²) in [5.41, 5.74) is -0.418. The van der Waals surface area contributed by atoms with Crippen LogP contribution in [0.4, 0.5) is 9.18 Å². The van der Waals surface area contributed by atoms with Gasteiger partial charge in [-0.1, -0.05) is 12.1 Å². The molecule has 7 heteroatoms. The standard InChI is InChI=1S/C16H17FN2O4/c1-16(11-5-6-11)14(21)19(15(22)18-16)8-13(20)23-9-10-3-2-4-12(17)7-10/h2-4,7,11H,5-6,8-9H2,1H3,(H,18,22). The van der Waals surface area contributed by atoms with E-state index in [-0.39, 0.29) is 12.5 Å². The molecule has 122 valence electrons. The van der Waals surface area contributed by atoms with Crippen molar-refractivity contribution in [3.8, 4) is 0 Å². The number of halogens is 1. The highest BCUT2D eigenvalue weighted by molar-refractivity contribution is 6.08. The fraction of sp³-hybridized carbons (Fsp3) is 0.438. The van der Waals surface area contributed by atoms with Gasteiger partial charge in [-0.05, 0) is 43.4 Å². The van der Waals surface area contributed by atoms with Crippen molar-refractivity contribution in [2.75, 3.05) is 6.54 Å². The summed E-state index contributed by atoms with van der Waals surface area (Å²) in [4.78, 5) is 37.0. The van der Waals surface area contributed by atoms with Gasteiger partial charge < -0.3 is 10.1 Å². The predicted octanol–water partition coefficient (Wildman–Crippen LogP) is 1.59. The van der Waals surface area contributed by atoms with Gasteiger partial charge in [0.15, 0.2) is 0 Å². The van der Waals surface area contributed by atoms with E-state index in [1.54, 1.807) is 13.0 Å². The number of hydrogen-bond acceptors (Lipinski definition) is 4. The van der Waals surface area contributed by atoms with Gasteiger partial charge in [-0.25, -0.2) is 9.18 Å². The number of hydrogen-bond donors (Lipinski definition) is 1.